The van der Waals surface area contributed by atoms with Gasteiger partial charge in [0.1, 0.15) is 5.82 Å². The van der Waals surface area contributed by atoms with Crippen molar-refractivity contribution in [2.45, 2.75) is 13.1 Å². The predicted octanol–water partition coefficient (Wildman–Crippen LogP) is 2.33. The fourth-order valence-electron chi connectivity index (χ4n) is 1.22. The Morgan fingerprint density at radius 1 is 1.28 bits per heavy atom. The van der Waals surface area contributed by atoms with Crippen LogP contribution in [0.1, 0.15) is 15.9 Å². The minimum Gasteiger partial charge on any atom is -0.478 e. The molecule has 4 nitrogen and oxygen atoms in total. The van der Waals surface area contributed by atoms with Gasteiger partial charge in [0.05, 0.1) is 5.56 Å². The smallest absolute Gasteiger partial charge is 0.471 e. The Morgan fingerprint density at radius 3 is 2.28 bits per heavy atom. The number of carboxylic acids is 1. The van der Waals surface area contributed by atoms with Gasteiger partial charge >= 0.3 is 18.1 Å². The van der Waals surface area contributed by atoms with Crippen molar-refractivity contribution >= 4 is 17.6 Å². The van der Waals surface area contributed by atoms with Gasteiger partial charge in [0.2, 0.25) is 0 Å². The minimum absolute atomic E-state index is 0.165. The van der Waals surface area contributed by atoms with Gasteiger partial charge in [-0.3, -0.25) is 4.79 Å². The van der Waals surface area contributed by atoms with E-state index in [9.17, 15) is 27.2 Å². The molecule has 1 aromatic carbocycles. The number of rotatable bonds is 2. The summed E-state index contributed by atoms with van der Waals surface area (Å²) in [4.78, 5) is 21.4. The number of carboxylic acid groups (broad SMARTS) is 1. The van der Waals surface area contributed by atoms with E-state index in [0.29, 0.717) is 12.1 Å². The number of benzene rings is 1. The van der Waals surface area contributed by atoms with E-state index in [4.69, 9.17) is 5.11 Å². The second kappa shape index (κ2) is 4.63. The van der Waals surface area contributed by atoms with E-state index < -0.39 is 35.1 Å². The Labute approximate surface area is 98.2 Å². The zero-order valence-corrected chi connectivity index (χ0v) is 8.93. The molecule has 0 bridgehead atoms. The Hall–Kier alpha value is -2.12. The van der Waals surface area contributed by atoms with Gasteiger partial charge in [0, 0.05) is 5.69 Å². The zero-order valence-electron chi connectivity index (χ0n) is 8.93. The molecule has 0 fully saturated rings. The van der Waals surface area contributed by atoms with Crippen LogP contribution >= 0.6 is 0 Å². The Balaban J connectivity index is 3.18. The molecule has 2 N–H and O–H groups in total. The highest BCUT2D eigenvalue weighted by atomic mass is 19.4. The number of aromatic carboxylic acids is 1. The lowest BCUT2D eigenvalue weighted by molar-refractivity contribution is -0.167. The van der Waals surface area contributed by atoms with Crippen LogP contribution in [0.4, 0.5) is 23.2 Å². The van der Waals surface area contributed by atoms with Crippen LogP contribution < -0.4 is 5.32 Å². The first-order valence-electron chi connectivity index (χ1n) is 4.54. The van der Waals surface area contributed by atoms with Crippen molar-refractivity contribution in [1.82, 2.24) is 0 Å². The molecule has 0 aliphatic rings. The second-order valence-corrected chi connectivity index (χ2v) is 3.38. The first-order chi connectivity index (χ1) is 8.12. The summed E-state index contributed by atoms with van der Waals surface area (Å²) in [5.41, 5.74) is -1.22. The monoisotopic (exact) mass is 265 g/mol. The number of nitrogens with one attached hydrogen (secondary N) is 1. The summed E-state index contributed by atoms with van der Waals surface area (Å²) in [5, 5.41) is 10.1. The molecule has 1 aromatic rings. The van der Waals surface area contributed by atoms with Crippen LogP contribution in [0.25, 0.3) is 0 Å². The number of hydrogen-bond acceptors (Lipinski definition) is 2. The topological polar surface area (TPSA) is 66.4 Å². The predicted molar refractivity (Wildman–Crippen MR) is 52.8 cm³/mol. The highest BCUT2D eigenvalue weighted by Gasteiger charge is 2.39. The van der Waals surface area contributed by atoms with Gasteiger partial charge in [-0.15, -0.1) is 0 Å². The van der Waals surface area contributed by atoms with Crippen molar-refractivity contribution in [3.8, 4) is 0 Å². The van der Waals surface area contributed by atoms with Crippen LogP contribution in [0.3, 0.4) is 0 Å². The summed E-state index contributed by atoms with van der Waals surface area (Å²) in [6.45, 7) is 1.16. The summed E-state index contributed by atoms with van der Waals surface area (Å²) in [5.74, 6) is -4.86. The van der Waals surface area contributed by atoms with Gasteiger partial charge in [0.15, 0.2) is 0 Å². The molecule has 1 amide bonds. The van der Waals surface area contributed by atoms with Crippen LogP contribution in [0.2, 0.25) is 0 Å². The van der Waals surface area contributed by atoms with E-state index >= 15 is 0 Å². The van der Waals surface area contributed by atoms with Gasteiger partial charge in [-0.2, -0.15) is 13.2 Å². The molecule has 98 valence electrons. The Bertz CT molecular complexity index is 511. The standard InChI is InChI=1S/C10H7F4NO3/c1-4-6(8(16)17)2-5(11)3-7(4)15-9(18)10(12,13)14/h2-3H,1H3,(H,15,18)(H,16,17). The molecule has 0 atom stereocenters. The molecular weight excluding hydrogens is 258 g/mol. The highest BCUT2D eigenvalue weighted by molar-refractivity contribution is 5.98. The van der Waals surface area contributed by atoms with E-state index in [-0.39, 0.29) is 5.56 Å². The summed E-state index contributed by atoms with van der Waals surface area (Å²) in [6, 6.07) is 1.27. The molecule has 0 heterocycles. The lowest BCUT2D eigenvalue weighted by atomic mass is 10.1. The van der Waals surface area contributed by atoms with Gasteiger partial charge in [-0.1, -0.05) is 0 Å². The molecule has 0 aromatic heterocycles. The van der Waals surface area contributed by atoms with Crippen molar-refractivity contribution < 1.29 is 32.3 Å². The maximum absolute atomic E-state index is 13.0. The first kappa shape index (κ1) is 13.9. The van der Waals surface area contributed by atoms with Gasteiger partial charge in [0.25, 0.3) is 0 Å². The first-order valence-corrected chi connectivity index (χ1v) is 4.54. The lowest BCUT2D eigenvalue weighted by Gasteiger charge is -2.12. The van der Waals surface area contributed by atoms with Gasteiger partial charge in [-0.25, -0.2) is 9.18 Å². The van der Waals surface area contributed by atoms with Crippen LogP contribution in [0, 0.1) is 12.7 Å². The molecule has 0 unspecified atom stereocenters. The molecule has 0 aliphatic heterocycles. The van der Waals surface area contributed by atoms with E-state index in [1.54, 1.807) is 0 Å². The van der Waals surface area contributed by atoms with E-state index in [1.165, 1.54) is 5.32 Å². The summed E-state index contributed by atoms with van der Waals surface area (Å²) in [7, 11) is 0. The number of carbonyl (C=O) groups is 2. The maximum Gasteiger partial charge on any atom is 0.471 e. The molecule has 1 rings (SSSR count). The molecule has 0 saturated carbocycles. The number of hydrogen-bond donors (Lipinski definition) is 2. The van der Waals surface area contributed by atoms with E-state index in [1.807, 2.05) is 0 Å². The quantitative estimate of drug-likeness (QED) is 0.806. The lowest BCUT2D eigenvalue weighted by Crippen LogP contribution is -2.30. The van der Waals surface area contributed by atoms with Crippen LogP contribution in [0.15, 0.2) is 12.1 Å². The SMILES string of the molecule is Cc1c(NC(=O)C(F)(F)F)cc(F)cc1C(=O)O. The van der Waals surface area contributed by atoms with Crippen LogP contribution in [-0.2, 0) is 4.79 Å². The van der Waals surface area contributed by atoms with Gasteiger partial charge in [-0.05, 0) is 24.6 Å². The fourth-order valence-corrected chi connectivity index (χ4v) is 1.22. The third kappa shape index (κ3) is 2.96. The summed E-state index contributed by atoms with van der Waals surface area (Å²) < 4.78 is 49.0. The molecule has 0 spiro atoms. The third-order valence-corrected chi connectivity index (χ3v) is 2.11. The number of anilines is 1. The van der Waals surface area contributed by atoms with Crippen LogP contribution in [-0.4, -0.2) is 23.2 Å². The summed E-state index contributed by atoms with van der Waals surface area (Å²) in [6.07, 6.45) is -5.14. The van der Waals surface area contributed by atoms with Crippen molar-refractivity contribution in [3.05, 3.63) is 29.1 Å². The Kier molecular flexibility index (Phi) is 3.59. The molecule has 0 saturated heterocycles. The van der Waals surface area contributed by atoms with Crippen LogP contribution in [0.5, 0.6) is 0 Å². The number of amides is 1. The second-order valence-electron chi connectivity index (χ2n) is 3.38. The highest BCUT2D eigenvalue weighted by Crippen LogP contribution is 2.24. The molecule has 18 heavy (non-hydrogen) atoms. The normalized spacial score (nSPS) is 11.2. The maximum atomic E-state index is 13.0. The van der Waals surface area contributed by atoms with Crippen molar-refractivity contribution in [2.24, 2.45) is 0 Å². The number of halogens is 4. The average Bonchev–Trinajstić information content (AvgIpc) is 2.21. The third-order valence-electron chi connectivity index (χ3n) is 2.11. The largest absolute Gasteiger partial charge is 0.478 e. The summed E-state index contributed by atoms with van der Waals surface area (Å²) >= 11 is 0. The number of carbonyl (C=O) groups excluding carboxylic acids is 1. The molecule has 0 radical (unpaired) electrons. The van der Waals surface area contributed by atoms with Crippen molar-refractivity contribution in [2.75, 3.05) is 5.32 Å². The van der Waals surface area contributed by atoms with Crippen molar-refractivity contribution in [3.63, 3.8) is 0 Å². The van der Waals surface area contributed by atoms with E-state index in [2.05, 4.69) is 0 Å². The average molecular weight is 265 g/mol. The van der Waals surface area contributed by atoms with Gasteiger partial charge < -0.3 is 10.4 Å². The van der Waals surface area contributed by atoms with E-state index in [0.717, 1.165) is 6.92 Å². The minimum atomic E-state index is -5.14. The molecule has 8 heteroatoms. The zero-order chi connectivity index (χ0) is 14.1. The fraction of sp³-hybridized carbons (Fsp3) is 0.200. The molecular formula is C10H7F4NO3. The molecule has 0 aliphatic carbocycles. The number of alkyl halides is 3. The van der Waals surface area contributed by atoms with Crippen molar-refractivity contribution in [1.29, 1.82) is 0 Å². The Morgan fingerprint density at radius 2 is 1.83 bits per heavy atom.